The van der Waals surface area contributed by atoms with E-state index in [1.807, 2.05) is 12.1 Å². The number of rotatable bonds is 5. The average Bonchev–Trinajstić information content (AvgIpc) is 2.67. The fourth-order valence-corrected chi connectivity index (χ4v) is 2.75. The predicted molar refractivity (Wildman–Crippen MR) is 108 cm³/mol. The van der Waals surface area contributed by atoms with Gasteiger partial charge in [0, 0.05) is 33.4 Å². The lowest BCUT2D eigenvalue weighted by atomic mass is 10.1. The first-order valence-corrected chi connectivity index (χ1v) is 8.96. The first kappa shape index (κ1) is 19.0. The topological polar surface area (TPSA) is 58.2 Å². The molecule has 0 aliphatic heterocycles. The molecule has 3 aromatic rings. The van der Waals surface area contributed by atoms with Crippen LogP contribution in [0.15, 0.2) is 72.8 Å². The SMILES string of the molecule is O=C(NCc1ccc(Cl)cc1)c1ccc(C(=O)Nc2cccc(Cl)c2)cc1. The maximum Gasteiger partial charge on any atom is 0.255 e. The third-order valence-electron chi connectivity index (χ3n) is 3.86. The first-order valence-electron chi connectivity index (χ1n) is 8.21. The van der Waals surface area contributed by atoms with Gasteiger partial charge in [-0.2, -0.15) is 0 Å². The van der Waals surface area contributed by atoms with E-state index in [1.54, 1.807) is 60.7 Å². The van der Waals surface area contributed by atoms with Crippen LogP contribution in [-0.2, 0) is 6.54 Å². The highest BCUT2D eigenvalue weighted by Gasteiger charge is 2.09. The van der Waals surface area contributed by atoms with Gasteiger partial charge in [-0.1, -0.05) is 41.4 Å². The quantitative estimate of drug-likeness (QED) is 0.622. The molecule has 0 aliphatic carbocycles. The molecule has 2 amide bonds. The Morgan fingerprint density at radius 1 is 0.741 bits per heavy atom. The zero-order valence-corrected chi connectivity index (χ0v) is 15.7. The summed E-state index contributed by atoms with van der Waals surface area (Å²) in [5.74, 6) is -0.489. The number of carbonyl (C=O) groups is 2. The molecule has 0 heterocycles. The lowest BCUT2D eigenvalue weighted by Crippen LogP contribution is -2.22. The average molecular weight is 399 g/mol. The van der Waals surface area contributed by atoms with Crippen molar-refractivity contribution in [2.75, 3.05) is 5.32 Å². The van der Waals surface area contributed by atoms with Gasteiger partial charge in [0.05, 0.1) is 0 Å². The molecule has 6 heteroatoms. The highest BCUT2D eigenvalue weighted by molar-refractivity contribution is 6.31. The molecule has 3 rings (SSSR count). The van der Waals surface area contributed by atoms with Crippen molar-refractivity contribution in [3.63, 3.8) is 0 Å². The van der Waals surface area contributed by atoms with Crippen LogP contribution >= 0.6 is 23.2 Å². The highest BCUT2D eigenvalue weighted by Crippen LogP contribution is 2.16. The van der Waals surface area contributed by atoms with Crippen molar-refractivity contribution in [1.82, 2.24) is 5.32 Å². The Kier molecular flexibility index (Phi) is 6.12. The van der Waals surface area contributed by atoms with Crippen LogP contribution in [0.1, 0.15) is 26.3 Å². The molecule has 27 heavy (non-hydrogen) atoms. The number of benzene rings is 3. The fraction of sp³-hybridized carbons (Fsp3) is 0.0476. The molecule has 0 saturated carbocycles. The van der Waals surface area contributed by atoms with Gasteiger partial charge in [-0.3, -0.25) is 9.59 Å². The number of nitrogens with one attached hydrogen (secondary N) is 2. The molecule has 136 valence electrons. The highest BCUT2D eigenvalue weighted by atomic mass is 35.5. The molecule has 0 fully saturated rings. The van der Waals surface area contributed by atoms with E-state index in [-0.39, 0.29) is 11.8 Å². The summed E-state index contributed by atoms with van der Waals surface area (Å²) in [6.45, 7) is 0.396. The van der Waals surface area contributed by atoms with Gasteiger partial charge in [-0.05, 0) is 60.2 Å². The molecule has 0 aromatic heterocycles. The summed E-state index contributed by atoms with van der Waals surface area (Å²) in [7, 11) is 0. The van der Waals surface area contributed by atoms with Crippen LogP contribution in [0, 0.1) is 0 Å². The van der Waals surface area contributed by atoms with E-state index >= 15 is 0 Å². The zero-order valence-electron chi connectivity index (χ0n) is 14.2. The largest absolute Gasteiger partial charge is 0.348 e. The molecular formula is C21H16Cl2N2O2. The Bertz CT molecular complexity index is 955. The molecule has 0 bridgehead atoms. The van der Waals surface area contributed by atoms with Crippen molar-refractivity contribution in [1.29, 1.82) is 0 Å². The molecule has 4 nitrogen and oxygen atoms in total. The Balaban J connectivity index is 1.59. The summed E-state index contributed by atoms with van der Waals surface area (Å²) in [5, 5.41) is 6.79. The zero-order chi connectivity index (χ0) is 19.2. The van der Waals surface area contributed by atoms with Gasteiger partial charge in [0.2, 0.25) is 0 Å². The van der Waals surface area contributed by atoms with E-state index in [4.69, 9.17) is 23.2 Å². The lowest BCUT2D eigenvalue weighted by Gasteiger charge is -2.08. The molecule has 0 spiro atoms. The third-order valence-corrected chi connectivity index (χ3v) is 4.35. The van der Waals surface area contributed by atoms with Crippen LogP contribution in [0.3, 0.4) is 0 Å². The Labute approximate surface area is 167 Å². The van der Waals surface area contributed by atoms with Crippen molar-refractivity contribution in [3.8, 4) is 0 Å². The Hall–Kier alpha value is -2.82. The van der Waals surface area contributed by atoms with Gasteiger partial charge in [0.15, 0.2) is 0 Å². The molecule has 3 aromatic carbocycles. The second-order valence-corrected chi connectivity index (χ2v) is 6.72. The number of amides is 2. The van der Waals surface area contributed by atoms with Gasteiger partial charge in [0.25, 0.3) is 11.8 Å². The number of carbonyl (C=O) groups excluding carboxylic acids is 2. The van der Waals surface area contributed by atoms with Gasteiger partial charge >= 0.3 is 0 Å². The summed E-state index contributed by atoms with van der Waals surface area (Å²) in [4.78, 5) is 24.5. The number of anilines is 1. The summed E-state index contributed by atoms with van der Waals surface area (Å²) in [6, 6.07) is 20.6. The minimum Gasteiger partial charge on any atom is -0.348 e. The van der Waals surface area contributed by atoms with E-state index < -0.39 is 0 Å². The van der Waals surface area contributed by atoms with Crippen molar-refractivity contribution in [3.05, 3.63) is 99.5 Å². The minimum absolute atomic E-state index is 0.216. The second kappa shape index (κ2) is 8.71. The minimum atomic E-state index is -0.273. The normalized spacial score (nSPS) is 10.3. The molecule has 0 unspecified atom stereocenters. The second-order valence-electron chi connectivity index (χ2n) is 5.85. The van der Waals surface area contributed by atoms with Crippen LogP contribution < -0.4 is 10.6 Å². The van der Waals surface area contributed by atoms with E-state index in [9.17, 15) is 9.59 Å². The van der Waals surface area contributed by atoms with Crippen LogP contribution in [0.25, 0.3) is 0 Å². The molecule has 0 radical (unpaired) electrons. The van der Waals surface area contributed by atoms with Gasteiger partial charge in [-0.15, -0.1) is 0 Å². The molecule has 0 saturated heterocycles. The number of halogens is 2. The van der Waals surface area contributed by atoms with Crippen molar-refractivity contribution < 1.29 is 9.59 Å². The van der Waals surface area contributed by atoms with E-state index in [2.05, 4.69) is 10.6 Å². The maximum atomic E-state index is 12.3. The van der Waals surface area contributed by atoms with Gasteiger partial charge in [-0.25, -0.2) is 0 Å². The molecular weight excluding hydrogens is 383 g/mol. The van der Waals surface area contributed by atoms with E-state index in [0.717, 1.165) is 5.56 Å². The van der Waals surface area contributed by atoms with Crippen molar-refractivity contribution in [2.45, 2.75) is 6.54 Å². The molecule has 2 N–H and O–H groups in total. The Morgan fingerprint density at radius 2 is 1.37 bits per heavy atom. The van der Waals surface area contributed by atoms with Gasteiger partial charge < -0.3 is 10.6 Å². The van der Waals surface area contributed by atoms with Crippen molar-refractivity contribution >= 4 is 40.7 Å². The van der Waals surface area contributed by atoms with E-state index in [0.29, 0.717) is 33.4 Å². The lowest BCUT2D eigenvalue weighted by molar-refractivity contribution is 0.0949. The smallest absolute Gasteiger partial charge is 0.255 e. The summed E-state index contributed by atoms with van der Waals surface area (Å²) in [5.41, 5.74) is 2.48. The van der Waals surface area contributed by atoms with Crippen LogP contribution in [0.4, 0.5) is 5.69 Å². The predicted octanol–water partition coefficient (Wildman–Crippen LogP) is 5.18. The molecule has 0 atom stereocenters. The van der Waals surface area contributed by atoms with Crippen molar-refractivity contribution in [2.24, 2.45) is 0 Å². The van der Waals surface area contributed by atoms with E-state index in [1.165, 1.54) is 0 Å². The summed E-state index contributed by atoms with van der Waals surface area (Å²) < 4.78 is 0. The maximum absolute atomic E-state index is 12.3. The van der Waals surface area contributed by atoms with Crippen LogP contribution in [-0.4, -0.2) is 11.8 Å². The third kappa shape index (κ3) is 5.33. The monoisotopic (exact) mass is 398 g/mol. The van der Waals surface area contributed by atoms with Gasteiger partial charge in [0.1, 0.15) is 0 Å². The summed E-state index contributed by atoms with van der Waals surface area (Å²) in [6.07, 6.45) is 0. The first-order chi connectivity index (χ1) is 13.0. The number of hydrogen-bond donors (Lipinski definition) is 2. The molecule has 0 aliphatic rings. The summed E-state index contributed by atoms with van der Waals surface area (Å²) >= 11 is 11.8. The Morgan fingerprint density at radius 3 is 2.00 bits per heavy atom. The fourth-order valence-electron chi connectivity index (χ4n) is 2.43. The van der Waals surface area contributed by atoms with Crippen LogP contribution in [0.2, 0.25) is 10.0 Å². The standard InChI is InChI=1S/C21H16Cl2N2O2/c22-17-10-4-14(5-11-17)13-24-20(26)15-6-8-16(9-7-15)21(27)25-19-3-1-2-18(23)12-19/h1-12H,13H2,(H,24,26)(H,25,27). The van der Waals surface area contributed by atoms with Crippen LogP contribution in [0.5, 0.6) is 0 Å². The number of hydrogen-bond acceptors (Lipinski definition) is 2.